The Hall–Kier alpha value is -2.95. The number of benzene rings is 3. The molecule has 0 amide bonds. The zero-order valence-electron chi connectivity index (χ0n) is 21.7. The molecule has 1 heterocycles. The highest BCUT2D eigenvalue weighted by molar-refractivity contribution is 9.10. The van der Waals surface area contributed by atoms with Crippen molar-refractivity contribution in [2.45, 2.75) is 20.3 Å². The first kappa shape index (κ1) is 28.6. The number of nitrogens with zero attached hydrogens (tertiary/aromatic N) is 3. The summed E-state index contributed by atoms with van der Waals surface area (Å²) in [5.41, 5.74) is 10.7. The molecule has 0 fully saturated rings. The fraction of sp³-hybridized carbons (Fsp3) is 0.188. The van der Waals surface area contributed by atoms with Crippen LogP contribution in [0.2, 0.25) is 0 Å². The summed E-state index contributed by atoms with van der Waals surface area (Å²) in [4.78, 5) is 2.11. The number of anilines is 1. The zero-order chi connectivity index (χ0) is 25.7. The molecule has 4 rings (SSSR count). The van der Waals surface area contributed by atoms with E-state index in [9.17, 15) is 0 Å². The predicted molar refractivity (Wildman–Crippen MR) is 155 cm³/mol. The highest BCUT2D eigenvalue weighted by atomic mass is 127. The minimum atomic E-state index is 0. The van der Waals surface area contributed by atoms with Gasteiger partial charge in [-0.1, -0.05) is 46.3 Å². The summed E-state index contributed by atoms with van der Waals surface area (Å²) >= 11 is 3.55. The number of halogens is 2. The van der Waals surface area contributed by atoms with E-state index in [1.54, 1.807) is 0 Å². The van der Waals surface area contributed by atoms with Gasteiger partial charge in [0.25, 0.3) is 0 Å². The molecule has 3 nitrogen and oxygen atoms in total. The normalized spacial score (nSPS) is 10.7. The number of aryl methyl sites for hydroxylation is 2. The van der Waals surface area contributed by atoms with Crippen molar-refractivity contribution in [1.82, 2.24) is 0 Å². The van der Waals surface area contributed by atoms with Crippen LogP contribution in [0.3, 0.4) is 0 Å². The van der Waals surface area contributed by atoms with E-state index < -0.39 is 0 Å². The van der Waals surface area contributed by atoms with Crippen LogP contribution >= 0.6 is 15.9 Å². The Bertz CT molecular complexity index is 1440. The third-order valence-electron chi connectivity index (χ3n) is 6.66. The lowest BCUT2D eigenvalue weighted by Gasteiger charge is -2.17. The van der Waals surface area contributed by atoms with Crippen molar-refractivity contribution < 1.29 is 28.5 Å². The third kappa shape index (κ3) is 7.09. The van der Waals surface area contributed by atoms with Gasteiger partial charge in [-0.15, -0.1) is 0 Å². The SMILES string of the molecule is Cc1ccc(-c2cc(-c3ccc(Br)cc3)cc(C=Cc3ccc(N(C)CCC#N)cc3)[n+]2C)cc1C.[I-]. The smallest absolute Gasteiger partial charge is 0.213 e. The first-order valence-electron chi connectivity index (χ1n) is 12.1. The van der Waals surface area contributed by atoms with Crippen LogP contribution in [-0.2, 0) is 7.05 Å². The van der Waals surface area contributed by atoms with Crippen molar-refractivity contribution in [3.05, 3.63) is 106 Å². The van der Waals surface area contributed by atoms with Gasteiger partial charge >= 0.3 is 0 Å². The molecule has 0 unspecified atom stereocenters. The molecule has 0 spiro atoms. The molecular formula is C32H31BrIN3. The number of nitriles is 1. The molecule has 0 aliphatic carbocycles. The van der Waals surface area contributed by atoms with E-state index >= 15 is 0 Å². The number of aromatic nitrogens is 1. The summed E-state index contributed by atoms with van der Waals surface area (Å²) in [5.74, 6) is 0. The lowest BCUT2D eigenvalue weighted by Crippen LogP contribution is -3.00. The van der Waals surface area contributed by atoms with Gasteiger partial charge in [-0.05, 0) is 84.1 Å². The molecule has 0 atom stereocenters. The van der Waals surface area contributed by atoms with Crippen LogP contribution in [0, 0.1) is 25.2 Å². The van der Waals surface area contributed by atoms with Crippen LogP contribution in [-0.4, -0.2) is 13.6 Å². The molecule has 4 aromatic rings. The van der Waals surface area contributed by atoms with Crippen molar-refractivity contribution >= 4 is 33.8 Å². The van der Waals surface area contributed by atoms with E-state index in [2.05, 4.69) is 143 Å². The Morgan fingerprint density at radius 2 is 1.51 bits per heavy atom. The van der Waals surface area contributed by atoms with Crippen molar-refractivity contribution in [2.75, 3.05) is 18.5 Å². The molecule has 0 bridgehead atoms. The first-order chi connectivity index (χ1) is 17.4. The Morgan fingerprint density at radius 3 is 2.16 bits per heavy atom. The third-order valence-corrected chi connectivity index (χ3v) is 7.19. The monoisotopic (exact) mass is 663 g/mol. The topological polar surface area (TPSA) is 30.9 Å². The first-order valence-corrected chi connectivity index (χ1v) is 12.9. The number of pyridine rings is 1. The zero-order valence-corrected chi connectivity index (χ0v) is 25.4. The Kier molecular flexibility index (Phi) is 10.1. The molecule has 0 saturated carbocycles. The second kappa shape index (κ2) is 13.0. The lowest BCUT2D eigenvalue weighted by atomic mass is 9.99. The molecule has 0 radical (unpaired) electrons. The van der Waals surface area contributed by atoms with Gasteiger partial charge in [-0.2, -0.15) is 9.83 Å². The minimum absolute atomic E-state index is 0. The largest absolute Gasteiger partial charge is 1.00 e. The standard InChI is InChI=1S/C32H31BrN3.HI/c1-23-6-10-27(20-24(23)2)32-22-28(26-11-13-29(33)14-12-26)21-31(36(32)4)17-9-25-7-15-30(16-8-25)35(3)19-5-18-34;/h6-17,20-22H,5,19H2,1-4H3;1H/q+1;/p-1. The fourth-order valence-electron chi connectivity index (χ4n) is 4.20. The molecular weight excluding hydrogens is 633 g/mol. The maximum Gasteiger partial charge on any atom is 0.213 e. The highest BCUT2D eigenvalue weighted by Crippen LogP contribution is 2.28. The van der Waals surface area contributed by atoms with Gasteiger partial charge in [-0.25, -0.2) is 0 Å². The second-order valence-corrected chi connectivity index (χ2v) is 10.1. The van der Waals surface area contributed by atoms with Crippen LogP contribution < -0.4 is 33.4 Å². The Labute approximate surface area is 246 Å². The summed E-state index contributed by atoms with van der Waals surface area (Å²) in [7, 11) is 4.15. The fourth-order valence-corrected chi connectivity index (χ4v) is 4.46. The molecule has 0 N–H and O–H groups in total. The molecule has 1 aromatic heterocycles. The minimum Gasteiger partial charge on any atom is -1.00 e. The number of rotatable bonds is 7. The maximum absolute atomic E-state index is 8.84. The van der Waals surface area contributed by atoms with Gasteiger partial charge in [0.2, 0.25) is 11.4 Å². The highest BCUT2D eigenvalue weighted by Gasteiger charge is 2.17. The van der Waals surface area contributed by atoms with Gasteiger partial charge in [0, 0.05) is 47.5 Å². The van der Waals surface area contributed by atoms with Gasteiger partial charge in [0.1, 0.15) is 7.05 Å². The molecule has 5 heteroatoms. The summed E-state index contributed by atoms with van der Waals surface area (Å²) in [6.07, 6.45) is 4.86. The Balaban J connectivity index is 0.00000380. The summed E-state index contributed by atoms with van der Waals surface area (Å²) in [6, 6.07) is 30.3. The van der Waals surface area contributed by atoms with Gasteiger partial charge < -0.3 is 28.9 Å². The van der Waals surface area contributed by atoms with Crippen molar-refractivity contribution in [3.63, 3.8) is 0 Å². The Morgan fingerprint density at radius 1 is 0.838 bits per heavy atom. The molecule has 37 heavy (non-hydrogen) atoms. The van der Waals surface area contributed by atoms with E-state index in [1.807, 2.05) is 7.05 Å². The number of hydrogen-bond donors (Lipinski definition) is 0. The van der Waals surface area contributed by atoms with Gasteiger partial charge in [0.05, 0.1) is 12.5 Å². The maximum atomic E-state index is 8.84. The van der Waals surface area contributed by atoms with Crippen molar-refractivity contribution in [1.29, 1.82) is 5.26 Å². The average Bonchev–Trinajstić information content (AvgIpc) is 2.89. The average molecular weight is 664 g/mol. The predicted octanol–water partition coefficient (Wildman–Crippen LogP) is 4.75. The van der Waals surface area contributed by atoms with E-state index in [0.29, 0.717) is 6.42 Å². The van der Waals surface area contributed by atoms with E-state index in [0.717, 1.165) is 28.0 Å². The molecule has 0 aliphatic heterocycles. The molecule has 0 saturated heterocycles. The van der Waals surface area contributed by atoms with Crippen LogP contribution in [0.15, 0.2) is 83.3 Å². The summed E-state index contributed by atoms with van der Waals surface area (Å²) in [5, 5.41) is 8.84. The molecule has 3 aromatic carbocycles. The summed E-state index contributed by atoms with van der Waals surface area (Å²) in [6.45, 7) is 5.04. The van der Waals surface area contributed by atoms with Crippen LogP contribution in [0.25, 0.3) is 34.5 Å². The quantitative estimate of drug-likeness (QED) is 0.211. The molecule has 188 valence electrons. The van der Waals surface area contributed by atoms with E-state index in [-0.39, 0.29) is 24.0 Å². The van der Waals surface area contributed by atoms with Crippen molar-refractivity contribution in [3.8, 4) is 28.5 Å². The van der Waals surface area contributed by atoms with E-state index in [1.165, 1.54) is 33.5 Å². The summed E-state index contributed by atoms with van der Waals surface area (Å²) < 4.78 is 3.33. The second-order valence-electron chi connectivity index (χ2n) is 9.17. The number of hydrogen-bond acceptors (Lipinski definition) is 2. The van der Waals surface area contributed by atoms with Gasteiger partial charge in [0.15, 0.2) is 0 Å². The van der Waals surface area contributed by atoms with Crippen LogP contribution in [0.1, 0.15) is 28.8 Å². The van der Waals surface area contributed by atoms with E-state index in [4.69, 9.17) is 5.26 Å². The van der Waals surface area contributed by atoms with Crippen molar-refractivity contribution in [2.24, 2.45) is 7.05 Å². The van der Waals surface area contributed by atoms with Crippen LogP contribution in [0.5, 0.6) is 0 Å². The van der Waals surface area contributed by atoms with Crippen LogP contribution in [0.4, 0.5) is 5.69 Å². The lowest BCUT2D eigenvalue weighted by molar-refractivity contribution is -0.662. The molecule has 0 aliphatic rings. The van der Waals surface area contributed by atoms with Gasteiger partial charge in [-0.3, -0.25) is 0 Å².